The van der Waals surface area contributed by atoms with Crippen molar-refractivity contribution in [1.29, 1.82) is 0 Å². The summed E-state index contributed by atoms with van der Waals surface area (Å²) < 4.78 is 59.2. The standard InChI is InChI=1S/C13H11F3N2O4S/c1-18-12(20)11(19)10(5-17-18)9-3-2-8(13(14,15)16)4-7(9)6-23(21)22/h2-5,17H,6H2,1H3,(H,21,22). The van der Waals surface area contributed by atoms with Crippen LogP contribution in [-0.2, 0) is 30.1 Å². The molecule has 1 aromatic heterocycles. The highest BCUT2D eigenvalue weighted by molar-refractivity contribution is 7.78. The average molecular weight is 348 g/mol. The van der Waals surface area contributed by atoms with Crippen LogP contribution in [0.2, 0.25) is 0 Å². The van der Waals surface area contributed by atoms with Gasteiger partial charge in [0.2, 0.25) is 0 Å². The molecule has 0 aliphatic rings. The van der Waals surface area contributed by atoms with Crippen molar-refractivity contribution >= 4 is 11.1 Å². The summed E-state index contributed by atoms with van der Waals surface area (Å²) in [6, 6.07) is 2.45. The highest BCUT2D eigenvalue weighted by Gasteiger charge is 2.31. The second-order valence-corrected chi connectivity index (χ2v) is 5.65. The van der Waals surface area contributed by atoms with Gasteiger partial charge in [-0.2, -0.15) is 13.2 Å². The molecule has 1 atom stereocenters. The highest BCUT2D eigenvalue weighted by Crippen LogP contribution is 2.33. The molecule has 6 nitrogen and oxygen atoms in total. The molecule has 2 rings (SSSR count). The zero-order valence-electron chi connectivity index (χ0n) is 11.7. The molecule has 0 radical (unpaired) electrons. The van der Waals surface area contributed by atoms with Gasteiger partial charge in [-0.25, -0.2) is 4.21 Å². The minimum absolute atomic E-state index is 0.000602. The van der Waals surface area contributed by atoms with Gasteiger partial charge in [0.25, 0.3) is 5.43 Å². The monoisotopic (exact) mass is 348 g/mol. The number of aromatic nitrogens is 2. The smallest absolute Gasteiger partial charge is 0.306 e. The van der Waals surface area contributed by atoms with Crippen molar-refractivity contribution in [3.05, 3.63) is 56.1 Å². The molecule has 10 heteroatoms. The molecule has 124 valence electrons. The number of aromatic amines is 1. The largest absolute Gasteiger partial charge is 0.416 e. The van der Waals surface area contributed by atoms with Gasteiger partial charge >= 0.3 is 11.7 Å². The van der Waals surface area contributed by atoms with Gasteiger partial charge in [-0.05, 0) is 23.3 Å². The van der Waals surface area contributed by atoms with E-state index in [2.05, 4.69) is 5.10 Å². The number of benzene rings is 1. The van der Waals surface area contributed by atoms with Gasteiger partial charge in [-0.1, -0.05) is 6.07 Å². The van der Waals surface area contributed by atoms with E-state index in [1.165, 1.54) is 7.05 Å². The molecule has 23 heavy (non-hydrogen) atoms. The third-order valence-electron chi connectivity index (χ3n) is 3.15. The van der Waals surface area contributed by atoms with Crippen LogP contribution in [0.1, 0.15) is 11.1 Å². The Hall–Kier alpha value is -2.20. The molecule has 0 amide bonds. The molecule has 1 unspecified atom stereocenters. The number of hydrogen-bond acceptors (Lipinski definition) is 3. The zero-order chi connectivity index (χ0) is 17.4. The summed E-state index contributed by atoms with van der Waals surface area (Å²) in [5.74, 6) is -0.603. The van der Waals surface area contributed by atoms with Crippen molar-refractivity contribution < 1.29 is 21.9 Å². The first-order chi connectivity index (χ1) is 10.6. The lowest BCUT2D eigenvalue weighted by molar-refractivity contribution is -0.137. The fraction of sp³-hybridized carbons (Fsp3) is 0.231. The molecule has 2 N–H and O–H groups in total. The first-order valence-electron chi connectivity index (χ1n) is 6.18. The van der Waals surface area contributed by atoms with Crippen molar-refractivity contribution in [1.82, 2.24) is 9.78 Å². The Morgan fingerprint density at radius 1 is 1.26 bits per heavy atom. The Morgan fingerprint density at radius 2 is 1.91 bits per heavy atom. The number of nitrogens with one attached hydrogen (secondary N) is 1. The maximum atomic E-state index is 12.8. The van der Waals surface area contributed by atoms with Crippen LogP contribution in [0.25, 0.3) is 11.1 Å². The van der Waals surface area contributed by atoms with Crippen LogP contribution in [0.4, 0.5) is 13.2 Å². The molecule has 0 spiro atoms. The van der Waals surface area contributed by atoms with E-state index in [1.807, 2.05) is 0 Å². The summed E-state index contributed by atoms with van der Waals surface area (Å²) in [7, 11) is 1.31. The number of halogens is 3. The summed E-state index contributed by atoms with van der Waals surface area (Å²) in [5, 5.41) is 2.48. The molecule has 0 bridgehead atoms. The van der Waals surface area contributed by atoms with Crippen LogP contribution in [0, 0.1) is 0 Å². The average Bonchev–Trinajstić information content (AvgIpc) is 2.44. The second kappa shape index (κ2) is 6.13. The van der Waals surface area contributed by atoms with Gasteiger partial charge in [0, 0.05) is 13.2 Å². The van der Waals surface area contributed by atoms with E-state index in [1.54, 1.807) is 0 Å². The number of hydrogen-bond donors (Lipinski definition) is 2. The fourth-order valence-electron chi connectivity index (χ4n) is 2.04. The maximum absolute atomic E-state index is 12.8. The van der Waals surface area contributed by atoms with Gasteiger partial charge in [0.05, 0.1) is 16.9 Å². The first kappa shape index (κ1) is 17.2. The van der Waals surface area contributed by atoms with Crippen LogP contribution in [0.5, 0.6) is 0 Å². The number of H-pyrrole nitrogens is 1. The molecule has 0 saturated carbocycles. The number of nitrogens with zero attached hydrogens (tertiary/aromatic N) is 1. The topological polar surface area (TPSA) is 92.2 Å². The predicted octanol–water partition coefficient (Wildman–Crippen LogP) is 1.48. The molecule has 0 aliphatic heterocycles. The third kappa shape index (κ3) is 3.59. The van der Waals surface area contributed by atoms with Crippen LogP contribution in [-0.4, -0.2) is 18.5 Å². The molecule has 2 aromatic rings. The van der Waals surface area contributed by atoms with Crippen molar-refractivity contribution in [2.75, 3.05) is 0 Å². The Balaban J connectivity index is 2.72. The Labute approximate surface area is 129 Å². The molecular formula is C13H11F3N2O4S. The van der Waals surface area contributed by atoms with E-state index in [0.29, 0.717) is 6.07 Å². The van der Waals surface area contributed by atoms with E-state index in [-0.39, 0.29) is 16.7 Å². The van der Waals surface area contributed by atoms with Gasteiger partial charge in [-0.3, -0.25) is 14.3 Å². The van der Waals surface area contributed by atoms with E-state index in [9.17, 15) is 27.0 Å². The maximum Gasteiger partial charge on any atom is 0.416 e. The van der Waals surface area contributed by atoms with Gasteiger partial charge in [0.15, 0.2) is 11.1 Å². The Bertz CT molecular complexity index is 886. The summed E-state index contributed by atoms with van der Waals surface area (Å²) in [4.78, 5) is 23.6. The summed E-state index contributed by atoms with van der Waals surface area (Å²) in [6.45, 7) is 0. The minimum atomic E-state index is -4.64. The molecule has 1 aromatic carbocycles. The summed E-state index contributed by atoms with van der Waals surface area (Å²) in [5.41, 5.74) is -3.14. The molecular weight excluding hydrogens is 337 g/mol. The quantitative estimate of drug-likeness (QED) is 0.649. The molecule has 0 fully saturated rings. The van der Waals surface area contributed by atoms with Crippen molar-refractivity contribution in [3.8, 4) is 11.1 Å². The van der Waals surface area contributed by atoms with Crippen molar-refractivity contribution in [3.63, 3.8) is 0 Å². The summed E-state index contributed by atoms with van der Waals surface area (Å²) >= 11 is -2.41. The van der Waals surface area contributed by atoms with Crippen LogP contribution < -0.4 is 11.0 Å². The molecule has 0 aliphatic carbocycles. The van der Waals surface area contributed by atoms with E-state index < -0.39 is 39.6 Å². The Morgan fingerprint density at radius 3 is 2.48 bits per heavy atom. The zero-order valence-corrected chi connectivity index (χ0v) is 12.5. The van der Waals surface area contributed by atoms with Gasteiger partial charge in [-0.15, -0.1) is 0 Å². The number of aryl methyl sites for hydroxylation is 1. The van der Waals surface area contributed by atoms with E-state index in [0.717, 1.165) is 23.0 Å². The normalized spacial score (nSPS) is 13.1. The highest BCUT2D eigenvalue weighted by atomic mass is 32.2. The molecule has 1 heterocycles. The lowest BCUT2D eigenvalue weighted by Gasteiger charge is -2.12. The van der Waals surface area contributed by atoms with E-state index >= 15 is 0 Å². The van der Waals surface area contributed by atoms with Crippen LogP contribution >= 0.6 is 0 Å². The molecule has 0 saturated heterocycles. The van der Waals surface area contributed by atoms with Gasteiger partial charge < -0.3 is 9.65 Å². The lowest BCUT2D eigenvalue weighted by atomic mass is 9.99. The summed E-state index contributed by atoms with van der Waals surface area (Å²) in [6.07, 6.45) is -3.47. The fourth-order valence-corrected chi connectivity index (χ4v) is 2.54. The van der Waals surface area contributed by atoms with Crippen molar-refractivity contribution in [2.24, 2.45) is 7.05 Å². The lowest BCUT2D eigenvalue weighted by Crippen LogP contribution is -2.35. The number of alkyl halides is 3. The second-order valence-electron chi connectivity index (χ2n) is 4.72. The third-order valence-corrected chi connectivity index (χ3v) is 3.71. The van der Waals surface area contributed by atoms with Crippen LogP contribution in [0.3, 0.4) is 0 Å². The Kier molecular flexibility index (Phi) is 4.57. The van der Waals surface area contributed by atoms with Crippen molar-refractivity contribution in [2.45, 2.75) is 11.9 Å². The first-order valence-corrected chi connectivity index (χ1v) is 7.45. The SMILES string of the molecule is Cn1[nH]cc(-c2ccc(C(F)(F)F)cc2CS(=O)O)c(=O)c1=O. The van der Waals surface area contributed by atoms with E-state index in [4.69, 9.17) is 4.55 Å². The minimum Gasteiger partial charge on any atom is -0.306 e. The number of rotatable bonds is 3. The van der Waals surface area contributed by atoms with Crippen LogP contribution in [0.15, 0.2) is 34.0 Å². The van der Waals surface area contributed by atoms with Gasteiger partial charge in [0.1, 0.15) is 0 Å². The predicted molar refractivity (Wildman–Crippen MR) is 77.2 cm³/mol.